The van der Waals surface area contributed by atoms with Crippen molar-refractivity contribution in [1.29, 1.82) is 0 Å². The lowest BCUT2D eigenvalue weighted by molar-refractivity contribution is 0.0194. The van der Waals surface area contributed by atoms with Crippen molar-refractivity contribution >= 4 is 0 Å². The van der Waals surface area contributed by atoms with E-state index in [4.69, 9.17) is 5.11 Å². The van der Waals surface area contributed by atoms with E-state index in [-0.39, 0.29) is 12.6 Å². The number of aliphatic hydroxyl groups excluding tert-OH is 3. The highest BCUT2D eigenvalue weighted by atomic mass is 16.3. The lowest BCUT2D eigenvalue weighted by Gasteiger charge is -2.15. The first-order chi connectivity index (χ1) is 7.24. The summed E-state index contributed by atoms with van der Waals surface area (Å²) in [5.74, 6) is 0. The van der Waals surface area contributed by atoms with Crippen molar-refractivity contribution in [3.63, 3.8) is 0 Å². The summed E-state index contributed by atoms with van der Waals surface area (Å²) < 4.78 is 0. The Bertz CT molecular complexity index is 320. The van der Waals surface area contributed by atoms with Crippen molar-refractivity contribution in [3.05, 3.63) is 30.1 Å². The molecule has 1 fully saturated rings. The Kier molecular flexibility index (Phi) is 2.97. The van der Waals surface area contributed by atoms with E-state index in [9.17, 15) is 10.2 Å². The van der Waals surface area contributed by atoms with Crippen LogP contribution in [0.5, 0.6) is 0 Å². The van der Waals surface area contributed by atoms with Gasteiger partial charge in [-0.05, 0) is 11.6 Å². The van der Waals surface area contributed by atoms with Crippen molar-refractivity contribution in [2.45, 2.75) is 24.3 Å². The molecular formula is C10H14N2O3. The van der Waals surface area contributed by atoms with Crippen molar-refractivity contribution < 1.29 is 15.3 Å². The van der Waals surface area contributed by atoms with Crippen LogP contribution in [0.2, 0.25) is 0 Å². The van der Waals surface area contributed by atoms with E-state index in [1.165, 1.54) is 0 Å². The maximum Gasteiger partial charge on any atom is 0.101 e. The molecule has 0 unspecified atom stereocenters. The third-order valence-electron chi connectivity index (χ3n) is 2.74. The highest BCUT2D eigenvalue weighted by molar-refractivity contribution is 5.19. The first kappa shape index (κ1) is 10.5. The number of hydrogen-bond acceptors (Lipinski definition) is 5. The molecule has 0 radical (unpaired) electrons. The SMILES string of the molecule is OC[C@@H]1N[C@@H](c2cccnc2)[C@H](O)[C@H]1O. The molecule has 2 rings (SSSR count). The Balaban J connectivity index is 2.19. The molecule has 0 aliphatic carbocycles. The molecule has 82 valence electrons. The second kappa shape index (κ2) is 4.24. The Labute approximate surface area is 87.4 Å². The number of nitrogens with one attached hydrogen (secondary N) is 1. The summed E-state index contributed by atoms with van der Waals surface area (Å²) in [6.45, 7) is -0.199. The number of hydrogen-bond donors (Lipinski definition) is 4. The number of aromatic nitrogens is 1. The maximum absolute atomic E-state index is 9.76. The van der Waals surface area contributed by atoms with Crippen LogP contribution in [0.25, 0.3) is 0 Å². The van der Waals surface area contributed by atoms with Gasteiger partial charge in [-0.25, -0.2) is 0 Å². The largest absolute Gasteiger partial charge is 0.395 e. The maximum atomic E-state index is 9.76. The molecule has 0 bridgehead atoms. The number of pyridine rings is 1. The molecule has 1 saturated heterocycles. The smallest absolute Gasteiger partial charge is 0.101 e. The zero-order valence-electron chi connectivity index (χ0n) is 8.11. The molecule has 1 aliphatic heterocycles. The van der Waals surface area contributed by atoms with E-state index in [1.54, 1.807) is 18.5 Å². The van der Waals surface area contributed by atoms with Crippen LogP contribution in [0, 0.1) is 0 Å². The van der Waals surface area contributed by atoms with Gasteiger partial charge in [0, 0.05) is 12.4 Å². The third-order valence-corrected chi connectivity index (χ3v) is 2.74. The minimum atomic E-state index is -0.944. The molecule has 4 N–H and O–H groups in total. The van der Waals surface area contributed by atoms with Crippen LogP contribution in [0.1, 0.15) is 11.6 Å². The van der Waals surface area contributed by atoms with Gasteiger partial charge in [-0.1, -0.05) is 6.07 Å². The van der Waals surface area contributed by atoms with Gasteiger partial charge in [0.2, 0.25) is 0 Å². The lowest BCUT2D eigenvalue weighted by Crippen LogP contribution is -2.35. The molecule has 4 atom stereocenters. The van der Waals surface area contributed by atoms with Crippen LogP contribution >= 0.6 is 0 Å². The fourth-order valence-corrected chi connectivity index (χ4v) is 1.88. The summed E-state index contributed by atoms with van der Waals surface area (Å²) in [6.07, 6.45) is 1.42. The van der Waals surface area contributed by atoms with Gasteiger partial charge in [0.15, 0.2) is 0 Å². The Hall–Kier alpha value is -1.01. The van der Waals surface area contributed by atoms with E-state index in [0.29, 0.717) is 0 Å². The molecule has 0 aromatic carbocycles. The van der Waals surface area contributed by atoms with Crippen LogP contribution in [-0.2, 0) is 0 Å². The first-order valence-corrected chi connectivity index (χ1v) is 4.87. The Morgan fingerprint density at radius 1 is 1.33 bits per heavy atom. The summed E-state index contributed by atoms with van der Waals surface area (Å²) in [5, 5.41) is 31.3. The Morgan fingerprint density at radius 3 is 2.67 bits per heavy atom. The van der Waals surface area contributed by atoms with E-state index in [2.05, 4.69) is 10.3 Å². The van der Waals surface area contributed by atoms with E-state index in [0.717, 1.165) is 5.56 Å². The molecule has 15 heavy (non-hydrogen) atoms. The van der Waals surface area contributed by atoms with Crippen molar-refractivity contribution in [2.75, 3.05) is 6.61 Å². The molecular weight excluding hydrogens is 196 g/mol. The minimum Gasteiger partial charge on any atom is -0.395 e. The second-order valence-corrected chi connectivity index (χ2v) is 3.70. The minimum absolute atomic E-state index is 0.199. The molecule has 1 aromatic rings. The van der Waals surface area contributed by atoms with Gasteiger partial charge >= 0.3 is 0 Å². The van der Waals surface area contributed by atoms with Crippen molar-refractivity contribution in [1.82, 2.24) is 10.3 Å². The van der Waals surface area contributed by atoms with Crippen molar-refractivity contribution in [2.24, 2.45) is 0 Å². The fraction of sp³-hybridized carbons (Fsp3) is 0.500. The van der Waals surface area contributed by atoms with Gasteiger partial charge in [-0.2, -0.15) is 0 Å². The third kappa shape index (κ3) is 1.87. The van der Waals surface area contributed by atoms with Gasteiger partial charge in [0.25, 0.3) is 0 Å². The summed E-state index contributed by atoms with van der Waals surface area (Å²) in [5.41, 5.74) is 0.806. The van der Waals surface area contributed by atoms with Crippen LogP contribution in [0.3, 0.4) is 0 Å². The second-order valence-electron chi connectivity index (χ2n) is 3.70. The molecule has 0 saturated carbocycles. The predicted molar refractivity (Wildman–Crippen MR) is 53.0 cm³/mol. The average Bonchev–Trinajstić information content (AvgIpc) is 2.57. The van der Waals surface area contributed by atoms with Crippen LogP contribution in [-0.4, -0.2) is 45.2 Å². The number of nitrogens with zero attached hydrogens (tertiary/aromatic N) is 1. The van der Waals surface area contributed by atoms with Crippen molar-refractivity contribution in [3.8, 4) is 0 Å². The average molecular weight is 210 g/mol. The van der Waals surface area contributed by atoms with E-state index >= 15 is 0 Å². The summed E-state index contributed by atoms with van der Waals surface area (Å²) in [7, 11) is 0. The van der Waals surface area contributed by atoms with Crippen LogP contribution in [0.4, 0.5) is 0 Å². The van der Waals surface area contributed by atoms with Crippen LogP contribution in [0.15, 0.2) is 24.5 Å². The lowest BCUT2D eigenvalue weighted by atomic mass is 10.0. The molecule has 1 aromatic heterocycles. The normalized spacial score (nSPS) is 35.7. The molecule has 2 heterocycles. The highest BCUT2D eigenvalue weighted by Crippen LogP contribution is 2.26. The quantitative estimate of drug-likeness (QED) is 0.493. The van der Waals surface area contributed by atoms with Crippen LogP contribution < -0.4 is 5.32 Å². The van der Waals surface area contributed by atoms with Gasteiger partial charge in [0.1, 0.15) is 6.10 Å². The molecule has 0 spiro atoms. The molecule has 1 aliphatic rings. The van der Waals surface area contributed by atoms with E-state index < -0.39 is 18.2 Å². The monoisotopic (exact) mass is 210 g/mol. The zero-order chi connectivity index (χ0) is 10.8. The highest BCUT2D eigenvalue weighted by Gasteiger charge is 2.41. The fourth-order valence-electron chi connectivity index (χ4n) is 1.88. The zero-order valence-corrected chi connectivity index (χ0v) is 8.11. The van der Waals surface area contributed by atoms with Gasteiger partial charge < -0.3 is 20.6 Å². The Morgan fingerprint density at radius 2 is 2.13 bits per heavy atom. The summed E-state index contributed by atoms with van der Waals surface area (Å²) in [6, 6.07) is 2.74. The van der Waals surface area contributed by atoms with E-state index in [1.807, 2.05) is 6.07 Å². The van der Waals surface area contributed by atoms with Gasteiger partial charge in [-0.3, -0.25) is 4.98 Å². The predicted octanol–water partition coefficient (Wildman–Crippen LogP) is -1.19. The van der Waals surface area contributed by atoms with Gasteiger partial charge in [-0.15, -0.1) is 0 Å². The topological polar surface area (TPSA) is 85.6 Å². The summed E-state index contributed by atoms with van der Waals surface area (Å²) in [4.78, 5) is 3.94. The molecule has 5 heteroatoms. The standard InChI is InChI=1S/C10H14N2O3/c13-5-7-9(14)10(15)8(12-7)6-2-1-3-11-4-6/h1-4,7-10,12-15H,5H2/t7-,8-,9-,10-/m0/s1. The van der Waals surface area contributed by atoms with Gasteiger partial charge in [0.05, 0.1) is 24.8 Å². The number of rotatable bonds is 2. The molecule has 5 nitrogen and oxygen atoms in total. The molecule has 0 amide bonds. The summed E-state index contributed by atoms with van der Waals surface area (Å²) >= 11 is 0. The number of aliphatic hydroxyl groups is 3. The first-order valence-electron chi connectivity index (χ1n) is 4.87.